The van der Waals surface area contributed by atoms with Gasteiger partial charge in [0, 0.05) is 22.1 Å². The Hall–Kier alpha value is -3.45. The van der Waals surface area contributed by atoms with Gasteiger partial charge < -0.3 is 4.74 Å². The molecule has 0 aromatic heterocycles. The molecule has 3 aromatic carbocycles. The lowest BCUT2D eigenvalue weighted by Gasteiger charge is -2.22. The highest BCUT2D eigenvalue weighted by Crippen LogP contribution is 2.34. The number of rotatable bonds is 4. The first kappa shape index (κ1) is 20.5. The summed E-state index contributed by atoms with van der Waals surface area (Å²) in [7, 11) is 0. The number of benzene rings is 3. The third kappa shape index (κ3) is 3.91. The van der Waals surface area contributed by atoms with E-state index < -0.39 is 0 Å². The summed E-state index contributed by atoms with van der Waals surface area (Å²) in [5.41, 5.74) is 4.17. The Morgan fingerprint density at radius 3 is 2.34 bits per heavy atom. The smallest absolute Gasteiger partial charge is 0.414 e. The number of ether oxygens (including phenoxy) is 1. The van der Waals surface area contributed by atoms with Gasteiger partial charge in [0.1, 0.15) is 6.61 Å². The van der Waals surface area contributed by atoms with Crippen molar-refractivity contribution in [3.05, 3.63) is 100 Å². The molecule has 1 saturated heterocycles. The highest BCUT2D eigenvalue weighted by Gasteiger charge is 2.33. The van der Waals surface area contributed by atoms with Gasteiger partial charge in [0.2, 0.25) is 0 Å². The zero-order valence-corrected chi connectivity index (χ0v) is 18.7. The molecular weight excluding hydrogens is 470 g/mol. The Labute approximate surface area is 194 Å². The highest BCUT2D eigenvalue weighted by molar-refractivity contribution is 9.10. The minimum absolute atomic E-state index is 0.141. The number of amides is 2. The number of halogens is 1. The van der Waals surface area contributed by atoms with E-state index in [9.17, 15) is 9.59 Å². The van der Waals surface area contributed by atoms with E-state index in [1.807, 2.05) is 66.7 Å². The van der Waals surface area contributed by atoms with Crippen molar-refractivity contribution in [1.29, 1.82) is 0 Å². The lowest BCUT2D eigenvalue weighted by atomic mass is 9.98. The van der Waals surface area contributed by atoms with Crippen molar-refractivity contribution in [2.45, 2.75) is 12.5 Å². The topological polar surface area (TPSA) is 62.2 Å². The average Bonchev–Trinajstić information content (AvgIpc) is 3.47. The van der Waals surface area contributed by atoms with Crippen LogP contribution in [-0.4, -0.2) is 35.9 Å². The Bertz CT molecular complexity index is 1180. The first-order valence-corrected chi connectivity index (χ1v) is 11.2. The third-order valence-electron chi connectivity index (χ3n) is 5.67. The molecule has 5 rings (SSSR count). The Kier molecular flexibility index (Phi) is 5.49. The molecule has 2 aliphatic rings. The minimum atomic E-state index is -0.327. The normalized spacial score (nSPS) is 18.0. The van der Waals surface area contributed by atoms with Crippen molar-refractivity contribution in [2.24, 2.45) is 5.10 Å². The molecule has 3 aromatic rings. The molecular formula is C25H20BrN3O3. The van der Waals surface area contributed by atoms with E-state index in [0.717, 1.165) is 27.0 Å². The van der Waals surface area contributed by atoms with Gasteiger partial charge in [-0.15, -0.1) is 0 Å². The van der Waals surface area contributed by atoms with E-state index in [1.54, 1.807) is 22.0 Å². The van der Waals surface area contributed by atoms with Crippen LogP contribution >= 0.6 is 15.9 Å². The summed E-state index contributed by atoms with van der Waals surface area (Å²) < 4.78 is 5.94. The summed E-state index contributed by atoms with van der Waals surface area (Å²) in [6.07, 6.45) is 0.281. The molecule has 0 radical (unpaired) electrons. The van der Waals surface area contributed by atoms with Gasteiger partial charge in [0.15, 0.2) is 0 Å². The number of hydrogen-bond donors (Lipinski definition) is 0. The van der Waals surface area contributed by atoms with Crippen molar-refractivity contribution < 1.29 is 14.3 Å². The zero-order chi connectivity index (χ0) is 22.1. The second-order valence-corrected chi connectivity index (χ2v) is 8.56. The van der Waals surface area contributed by atoms with Gasteiger partial charge in [-0.3, -0.25) is 9.69 Å². The van der Waals surface area contributed by atoms with Crippen LogP contribution in [0.3, 0.4) is 0 Å². The maximum Gasteiger partial charge on any atom is 0.414 e. The highest BCUT2D eigenvalue weighted by atomic mass is 79.9. The second-order valence-electron chi connectivity index (χ2n) is 7.65. The number of hydrogen-bond acceptors (Lipinski definition) is 4. The van der Waals surface area contributed by atoms with Gasteiger partial charge in [-0.25, -0.2) is 9.80 Å². The first-order valence-electron chi connectivity index (χ1n) is 10.4. The molecule has 2 amide bonds. The summed E-state index contributed by atoms with van der Waals surface area (Å²) in [6.45, 7) is 0.948. The molecule has 7 heteroatoms. The largest absolute Gasteiger partial charge is 0.447 e. The lowest BCUT2D eigenvalue weighted by molar-refractivity contribution is 0.0711. The predicted octanol–water partition coefficient (Wildman–Crippen LogP) is 5.40. The number of anilines is 1. The van der Waals surface area contributed by atoms with E-state index in [0.29, 0.717) is 25.1 Å². The van der Waals surface area contributed by atoms with E-state index in [-0.39, 0.29) is 18.0 Å². The van der Waals surface area contributed by atoms with Gasteiger partial charge in [0.25, 0.3) is 5.91 Å². The van der Waals surface area contributed by atoms with Gasteiger partial charge >= 0.3 is 6.09 Å². The monoisotopic (exact) mass is 489 g/mol. The quantitative estimate of drug-likeness (QED) is 0.492. The standard InChI is InChI=1S/C25H20BrN3O3/c26-20-10-6-19(7-11-20)24(30)29-23(18-4-2-1-3-5-18)16-22(27-29)17-8-12-21(13-9-17)28-14-15-32-25(28)31/h1-13,23H,14-16H2. The number of hydrazone groups is 1. The lowest BCUT2D eigenvalue weighted by Crippen LogP contribution is -2.27. The minimum Gasteiger partial charge on any atom is -0.447 e. The summed E-state index contributed by atoms with van der Waals surface area (Å²) in [5, 5.41) is 6.32. The molecule has 2 aliphatic heterocycles. The molecule has 0 spiro atoms. The summed E-state index contributed by atoms with van der Waals surface area (Å²) in [4.78, 5) is 26.8. The summed E-state index contributed by atoms with van der Waals surface area (Å²) in [5.74, 6) is -0.141. The third-order valence-corrected chi connectivity index (χ3v) is 6.20. The maximum absolute atomic E-state index is 13.3. The van der Waals surface area contributed by atoms with Crippen LogP contribution < -0.4 is 4.90 Å². The van der Waals surface area contributed by atoms with Crippen molar-refractivity contribution in [1.82, 2.24) is 5.01 Å². The molecule has 0 aliphatic carbocycles. The van der Waals surface area contributed by atoms with E-state index in [1.165, 1.54) is 0 Å². The molecule has 6 nitrogen and oxygen atoms in total. The Morgan fingerprint density at radius 1 is 0.969 bits per heavy atom. The molecule has 32 heavy (non-hydrogen) atoms. The number of carbonyl (C=O) groups excluding carboxylic acids is 2. The first-order chi connectivity index (χ1) is 15.6. The van der Waals surface area contributed by atoms with Crippen molar-refractivity contribution in [3.63, 3.8) is 0 Å². The van der Waals surface area contributed by atoms with Crippen LogP contribution in [0, 0.1) is 0 Å². The van der Waals surface area contributed by atoms with E-state index in [2.05, 4.69) is 15.9 Å². The van der Waals surface area contributed by atoms with Crippen LogP contribution in [0.15, 0.2) is 88.4 Å². The number of cyclic esters (lactones) is 1. The predicted molar refractivity (Wildman–Crippen MR) is 126 cm³/mol. The molecule has 1 fully saturated rings. The van der Waals surface area contributed by atoms with Crippen LogP contribution in [0.25, 0.3) is 0 Å². The molecule has 0 N–H and O–H groups in total. The summed E-state index contributed by atoms with van der Waals surface area (Å²) >= 11 is 3.42. The average molecular weight is 490 g/mol. The van der Waals surface area contributed by atoms with Gasteiger partial charge in [-0.05, 0) is 47.5 Å². The summed E-state index contributed by atoms with van der Waals surface area (Å²) in [6, 6.07) is 24.7. The molecule has 160 valence electrons. The molecule has 1 unspecified atom stereocenters. The van der Waals surface area contributed by atoms with Crippen molar-refractivity contribution in [2.75, 3.05) is 18.1 Å². The zero-order valence-electron chi connectivity index (χ0n) is 17.1. The molecule has 1 atom stereocenters. The Morgan fingerprint density at radius 2 is 1.69 bits per heavy atom. The van der Waals surface area contributed by atoms with Gasteiger partial charge in [-0.1, -0.05) is 58.4 Å². The maximum atomic E-state index is 13.3. The van der Waals surface area contributed by atoms with E-state index in [4.69, 9.17) is 9.84 Å². The second kappa shape index (κ2) is 8.59. The van der Waals surface area contributed by atoms with Crippen molar-refractivity contribution >= 4 is 39.3 Å². The van der Waals surface area contributed by atoms with Crippen molar-refractivity contribution in [3.8, 4) is 0 Å². The number of carbonyl (C=O) groups is 2. The van der Waals surface area contributed by atoms with Crippen LogP contribution in [0.1, 0.15) is 33.9 Å². The van der Waals surface area contributed by atoms with Crippen LogP contribution in [-0.2, 0) is 4.74 Å². The van der Waals surface area contributed by atoms with Gasteiger partial charge in [0.05, 0.1) is 18.3 Å². The number of nitrogens with zero attached hydrogens (tertiary/aromatic N) is 3. The Balaban J connectivity index is 1.46. The molecule has 0 bridgehead atoms. The molecule has 0 saturated carbocycles. The van der Waals surface area contributed by atoms with Crippen LogP contribution in [0.5, 0.6) is 0 Å². The fourth-order valence-corrected chi connectivity index (χ4v) is 4.26. The SMILES string of the molecule is O=C1OCCN1c1ccc(C2=NN(C(=O)c3ccc(Br)cc3)C(c3ccccc3)C2)cc1. The van der Waals surface area contributed by atoms with E-state index >= 15 is 0 Å². The van der Waals surface area contributed by atoms with Gasteiger partial charge in [-0.2, -0.15) is 5.10 Å². The van der Waals surface area contributed by atoms with Crippen LogP contribution in [0.2, 0.25) is 0 Å². The fraction of sp³-hybridized carbons (Fsp3) is 0.160. The van der Waals surface area contributed by atoms with Crippen LogP contribution in [0.4, 0.5) is 10.5 Å². The molecule has 2 heterocycles. The fourth-order valence-electron chi connectivity index (χ4n) is 3.99.